The second-order valence-electron chi connectivity index (χ2n) is 3.92. The van der Waals surface area contributed by atoms with Crippen LogP contribution >= 0.6 is 0 Å². The molecule has 0 fully saturated rings. The molecule has 0 aliphatic rings. The molecule has 0 spiro atoms. The van der Waals surface area contributed by atoms with Crippen molar-refractivity contribution in [1.82, 2.24) is 9.78 Å². The van der Waals surface area contributed by atoms with E-state index in [-0.39, 0.29) is 5.82 Å². The Hall–Kier alpha value is -1.84. The molecule has 2 N–H and O–H groups in total. The number of hydrogen-bond donors (Lipinski definition) is 1. The molecule has 0 saturated carbocycles. The van der Waals surface area contributed by atoms with Crippen LogP contribution < -0.4 is 5.73 Å². The van der Waals surface area contributed by atoms with Gasteiger partial charge in [-0.25, -0.2) is 9.07 Å². The van der Waals surface area contributed by atoms with Crippen molar-refractivity contribution in [3.63, 3.8) is 0 Å². The highest BCUT2D eigenvalue weighted by atomic mass is 19.1. The SMILES string of the molecule is Cc1nn(-c2ccc(N)cc2F)c(C)c1C. The average molecular weight is 219 g/mol. The number of nitrogens with two attached hydrogens (primary N) is 1. The van der Waals surface area contributed by atoms with E-state index in [1.54, 1.807) is 16.8 Å². The summed E-state index contributed by atoms with van der Waals surface area (Å²) in [5.41, 5.74) is 9.29. The Kier molecular flexibility index (Phi) is 2.42. The van der Waals surface area contributed by atoms with Crippen LogP contribution in [0, 0.1) is 26.6 Å². The van der Waals surface area contributed by atoms with Gasteiger partial charge in [0.05, 0.1) is 5.69 Å². The fourth-order valence-corrected chi connectivity index (χ4v) is 1.65. The van der Waals surface area contributed by atoms with Gasteiger partial charge in [0.25, 0.3) is 0 Å². The first-order valence-electron chi connectivity index (χ1n) is 5.09. The number of halogens is 1. The lowest BCUT2D eigenvalue weighted by Gasteiger charge is -2.06. The minimum Gasteiger partial charge on any atom is -0.399 e. The number of nitrogens with zero attached hydrogens (tertiary/aromatic N) is 2. The molecule has 0 aliphatic heterocycles. The van der Waals surface area contributed by atoms with Gasteiger partial charge in [-0.3, -0.25) is 0 Å². The largest absolute Gasteiger partial charge is 0.399 e. The molecule has 0 bridgehead atoms. The van der Waals surface area contributed by atoms with E-state index >= 15 is 0 Å². The molecule has 0 aliphatic carbocycles. The molecule has 1 heterocycles. The third-order valence-corrected chi connectivity index (χ3v) is 2.85. The van der Waals surface area contributed by atoms with Gasteiger partial charge in [-0.2, -0.15) is 5.10 Å². The van der Waals surface area contributed by atoms with Crippen LogP contribution in [0.2, 0.25) is 0 Å². The van der Waals surface area contributed by atoms with E-state index in [1.807, 2.05) is 20.8 Å². The lowest BCUT2D eigenvalue weighted by Crippen LogP contribution is -2.03. The average Bonchev–Trinajstić information content (AvgIpc) is 2.46. The van der Waals surface area contributed by atoms with Crippen LogP contribution in [0.4, 0.5) is 10.1 Å². The summed E-state index contributed by atoms with van der Waals surface area (Å²) in [7, 11) is 0. The molecular formula is C12H14FN3. The predicted octanol–water partition coefficient (Wildman–Crippen LogP) is 2.52. The summed E-state index contributed by atoms with van der Waals surface area (Å²) in [6.45, 7) is 5.81. The third kappa shape index (κ3) is 1.56. The van der Waals surface area contributed by atoms with Crippen LogP contribution in [0.1, 0.15) is 17.0 Å². The van der Waals surface area contributed by atoms with Crippen molar-refractivity contribution < 1.29 is 4.39 Å². The van der Waals surface area contributed by atoms with Gasteiger partial charge in [-0.15, -0.1) is 0 Å². The molecule has 16 heavy (non-hydrogen) atoms. The molecule has 84 valence electrons. The quantitative estimate of drug-likeness (QED) is 0.749. The Bertz CT molecular complexity index is 543. The number of anilines is 1. The van der Waals surface area contributed by atoms with Gasteiger partial charge in [-0.05, 0) is 44.5 Å². The van der Waals surface area contributed by atoms with Crippen molar-refractivity contribution in [3.05, 3.63) is 41.0 Å². The van der Waals surface area contributed by atoms with Crippen LogP contribution in [0.3, 0.4) is 0 Å². The first-order chi connectivity index (χ1) is 7.50. The number of benzene rings is 1. The van der Waals surface area contributed by atoms with Gasteiger partial charge in [-0.1, -0.05) is 0 Å². The van der Waals surface area contributed by atoms with E-state index in [0.29, 0.717) is 11.4 Å². The van der Waals surface area contributed by atoms with Gasteiger partial charge < -0.3 is 5.73 Å². The molecule has 0 saturated heterocycles. The lowest BCUT2D eigenvalue weighted by atomic mass is 10.2. The maximum atomic E-state index is 13.7. The van der Waals surface area contributed by atoms with Gasteiger partial charge in [0.1, 0.15) is 5.69 Å². The molecule has 0 atom stereocenters. The van der Waals surface area contributed by atoms with Crippen molar-refractivity contribution in [2.45, 2.75) is 20.8 Å². The fourth-order valence-electron chi connectivity index (χ4n) is 1.65. The Labute approximate surface area is 93.7 Å². The normalized spacial score (nSPS) is 10.8. The molecule has 0 unspecified atom stereocenters. The van der Waals surface area contributed by atoms with Crippen LogP contribution in [-0.2, 0) is 0 Å². The smallest absolute Gasteiger partial charge is 0.150 e. The molecule has 0 radical (unpaired) electrons. The van der Waals surface area contributed by atoms with Gasteiger partial charge in [0, 0.05) is 11.4 Å². The number of aromatic nitrogens is 2. The third-order valence-electron chi connectivity index (χ3n) is 2.85. The topological polar surface area (TPSA) is 43.8 Å². The zero-order valence-electron chi connectivity index (χ0n) is 9.58. The van der Waals surface area contributed by atoms with Gasteiger partial charge >= 0.3 is 0 Å². The highest BCUT2D eigenvalue weighted by molar-refractivity contribution is 5.47. The van der Waals surface area contributed by atoms with E-state index in [2.05, 4.69) is 5.10 Å². The van der Waals surface area contributed by atoms with Crippen molar-refractivity contribution in [2.24, 2.45) is 0 Å². The Balaban J connectivity index is 2.63. The molecule has 4 heteroatoms. The van der Waals surface area contributed by atoms with Gasteiger partial charge in [0.15, 0.2) is 5.82 Å². The zero-order chi connectivity index (χ0) is 11.9. The number of hydrogen-bond acceptors (Lipinski definition) is 2. The molecule has 1 aromatic heterocycles. The summed E-state index contributed by atoms with van der Waals surface area (Å²) in [5.74, 6) is -0.356. The summed E-state index contributed by atoms with van der Waals surface area (Å²) in [6.07, 6.45) is 0. The molecule has 2 aromatic rings. The summed E-state index contributed by atoms with van der Waals surface area (Å²) in [5, 5.41) is 4.31. The van der Waals surface area contributed by atoms with E-state index in [4.69, 9.17) is 5.73 Å². The molecule has 3 nitrogen and oxygen atoms in total. The van der Waals surface area contributed by atoms with Crippen molar-refractivity contribution in [2.75, 3.05) is 5.73 Å². The highest BCUT2D eigenvalue weighted by Gasteiger charge is 2.12. The number of rotatable bonds is 1. The predicted molar refractivity (Wildman–Crippen MR) is 62.1 cm³/mol. The number of aryl methyl sites for hydroxylation is 1. The van der Waals surface area contributed by atoms with Crippen LogP contribution in [0.5, 0.6) is 0 Å². The summed E-state index contributed by atoms with van der Waals surface area (Å²) in [6, 6.07) is 4.62. The van der Waals surface area contributed by atoms with E-state index in [9.17, 15) is 4.39 Å². The molecule has 2 rings (SSSR count). The molecular weight excluding hydrogens is 205 g/mol. The summed E-state index contributed by atoms with van der Waals surface area (Å²) in [4.78, 5) is 0. The van der Waals surface area contributed by atoms with Crippen molar-refractivity contribution >= 4 is 5.69 Å². The van der Waals surface area contributed by atoms with E-state index < -0.39 is 0 Å². The second kappa shape index (κ2) is 3.63. The molecule has 0 amide bonds. The minimum absolute atomic E-state index is 0.356. The maximum absolute atomic E-state index is 13.7. The Morgan fingerprint density at radius 3 is 2.44 bits per heavy atom. The second-order valence-corrected chi connectivity index (χ2v) is 3.92. The Morgan fingerprint density at radius 2 is 1.94 bits per heavy atom. The van der Waals surface area contributed by atoms with Crippen LogP contribution in [-0.4, -0.2) is 9.78 Å². The van der Waals surface area contributed by atoms with E-state index in [0.717, 1.165) is 17.0 Å². The highest BCUT2D eigenvalue weighted by Crippen LogP contribution is 2.20. The summed E-state index contributed by atoms with van der Waals surface area (Å²) >= 11 is 0. The van der Waals surface area contributed by atoms with Gasteiger partial charge in [0.2, 0.25) is 0 Å². The zero-order valence-corrected chi connectivity index (χ0v) is 9.58. The lowest BCUT2D eigenvalue weighted by molar-refractivity contribution is 0.608. The van der Waals surface area contributed by atoms with Crippen LogP contribution in [0.25, 0.3) is 5.69 Å². The van der Waals surface area contributed by atoms with Crippen LogP contribution in [0.15, 0.2) is 18.2 Å². The Morgan fingerprint density at radius 1 is 1.25 bits per heavy atom. The van der Waals surface area contributed by atoms with Crippen molar-refractivity contribution in [3.8, 4) is 5.69 Å². The summed E-state index contributed by atoms with van der Waals surface area (Å²) < 4.78 is 15.3. The number of nitrogen functional groups attached to an aromatic ring is 1. The van der Waals surface area contributed by atoms with E-state index in [1.165, 1.54) is 6.07 Å². The first kappa shape index (κ1) is 10.7. The monoisotopic (exact) mass is 219 g/mol. The first-order valence-corrected chi connectivity index (χ1v) is 5.09. The maximum Gasteiger partial charge on any atom is 0.150 e. The fraction of sp³-hybridized carbons (Fsp3) is 0.250. The van der Waals surface area contributed by atoms with Crippen molar-refractivity contribution in [1.29, 1.82) is 0 Å². The minimum atomic E-state index is -0.356. The molecule has 1 aromatic carbocycles. The standard InChI is InChI=1S/C12H14FN3/c1-7-8(2)15-16(9(7)3)12-5-4-10(14)6-11(12)13/h4-6H,14H2,1-3H3.